The Morgan fingerprint density at radius 3 is 2.93 bits per heavy atom. The predicted octanol–water partition coefficient (Wildman–Crippen LogP) is 3.65. The number of hydrogen-bond acceptors (Lipinski definition) is 5. The number of aryl methyl sites for hydroxylation is 1. The first-order valence-corrected chi connectivity index (χ1v) is 8.61. The molecular weight excluding hydrogens is 357 g/mol. The first-order valence-electron chi connectivity index (χ1n) is 8.61. The van der Waals surface area contributed by atoms with Gasteiger partial charge in [-0.3, -0.25) is 0 Å². The largest absolute Gasteiger partial charge is 0.408 e. The SMILES string of the molecule is C[C@@H](Nc1ncc2c(n1)CCCC=C2c1ccn2ncnc2c1)C(F)(F)F. The van der Waals surface area contributed by atoms with Gasteiger partial charge >= 0.3 is 6.18 Å². The summed E-state index contributed by atoms with van der Waals surface area (Å²) >= 11 is 0. The van der Waals surface area contributed by atoms with Crippen molar-refractivity contribution in [2.45, 2.75) is 38.4 Å². The number of fused-ring (bicyclic) bond motifs is 2. The Balaban J connectivity index is 1.69. The summed E-state index contributed by atoms with van der Waals surface area (Å²) in [5, 5.41) is 6.43. The Labute approximate surface area is 153 Å². The highest BCUT2D eigenvalue weighted by atomic mass is 19.4. The number of nitrogens with one attached hydrogen (secondary N) is 1. The van der Waals surface area contributed by atoms with Gasteiger partial charge in [0.15, 0.2) is 5.65 Å². The summed E-state index contributed by atoms with van der Waals surface area (Å²) in [6.45, 7) is 1.05. The number of aromatic nitrogens is 5. The number of hydrogen-bond donors (Lipinski definition) is 1. The lowest BCUT2D eigenvalue weighted by Crippen LogP contribution is -2.33. The lowest BCUT2D eigenvalue weighted by Gasteiger charge is -2.18. The summed E-state index contributed by atoms with van der Waals surface area (Å²) in [6.07, 6.45) is 5.07. The van der Waals surface area contributed by atoms with Crippen LogP contribution in [0, 0.1) is 0 Å². The fourth-order valence-corrected chi connectivity index (χ4v) is 3.06. The molecule has 1 atom stereocenters. The third-order valence-electron chi connectivity index (χ3n) is 4.55. The zero-order valence-corrected chi connectivity index (χ0v) is 14.5. The van der Waals surface area contributed by atoms with Gasteiger partial charge < -0.3 is 5.32 Å². The molecule has 0 aliphatic heterocycles. The normalized spacial score (nSPS) is 15.8. The highest BCUT2D eigenvalue weighted by molar-refractivity contribution is 5.82. The van der Waals surface area contributed by atoms with E-state index >= 15 is 0 Å². The van der Waals surface area contributed by atoms with E-state index in [1.807, 2.05) is 18.3 Å². The summed E-state index contributed by atoms with van der Waals surface area (Å²) in [6, 6.07) is 2.14. The number of rotatable bonds is 3. The highest BCUT2D eigenvalue weighted by Gasteiger charge is 2.36. The molecule has 1 N–H and O–H groups in total. The first kappa shape index (κ1) is 17.4. The van der Waals surface area contributed by atoms with Gasteiger partial charge in [-0.1, -0.05) is 6.08 Å². The summed E-state index contributed by atoms with van der Waals surface area (Å²) in [7, 11) is 0. The molecule has 4 rings (SSSR count). The van der Waals surface area contributed by atoms with Crippen LogP contribution in [0.15, 0.2) is 36.9 Å². The molecule has 27 heavy (non-hydrogen) atoms. The van der Waals surface area contributed by atoms with Crippen molar-refractivity contribution in [1.29, 1.82) is 0 Å². The Hall–Kier alpha value is -2.97. The van der Waals surface area contributed by atoms with Crippen molar-refractivity contribution in [2.24, 2.45) is 0 Å². The van der Waals surface area contributed by atoms with Gasteiger partial charge in [0.2, 0.25) is 5.95 Å². The second-order valence-corrected chi connectivity index (χ2v) is 6.45. The summed E-state index contributed by atoms with van der Waals surface area (Å²) in [5.41, 5.74) is 4.21. The molecule has 0 radical (unpaired) electrons. The molecule has 1 aliphatic rings. The zero-order chi connectivity index (χ0) is 19.0. The van der Waals surface area contributed by atoms with Crippen LogP contribution in [0.5, 0.6) is 0 Å². The minimum atomic E-state index is -4.35. The van der Waals surface area contributed by atoms with E-state index < -0.39 is 12.2 Å². The third-order valence-corrected chi connectivity index (χ3v) is 4.55. The maximum atomic E-state index is 12.8. The van der Waals surface area contributed by atoms with Crippen LogP contribution < -0.4 is 5.32 Å². The van der Waals surface area contributed by atoms with E-state index in [1.165, 1.54) is 6.33 Å². The van der Waals surface area contributed by atoms with E-state index in [4.69, 9.17) is 0 Å². The van der Waals surface area contributed by atoms with Crippen molar-refractivity contribution in [3.05, 3.63) is 53.8 Å². The molecule has 0 bridgehead atoms. The fraction of sp³-hybridized carbons (Fsp3) is 0.333. The van der Waals surface area contributed by atoms with Gasteiger partial charge in [-0.25, -0.2) is 19.5 Å². The van der Waals surface area contributed by atoms with Gasteiger partial charge in [-0.2, -0.15) is 18.3 Å². The Kier molecular flexibility index (Phi) is 4.29. The number of halogens is 3. The second kappa shape index (κ2) is 6.64. The van der Waals surface area contributed by atoms with Crippen molar-refractivity contribution in [3.63, 3.8) is 0 Å². The quantitative estimate of drug-likeness (QED) is 0.758. The van der Waals surface area contributed by atoms with Crippen LogP contribution in [0.4, 0.5) is 19.1 Å². The second-order valence-electron chi connectivity index (χ2n) is 6.45. The van der Waals surface area contributed by atoms with Crippen LogP contribution >= 0.6 is 0 Å². The van der Waals surface area contributed by atoms with Crippen molar-refractivity contribution in [3.8, 4) is 0 Å². The van der Waals surface area contributed by atoms with Crippen LogP contribution in [0.2, 0.25) is 0 Å². The van der Waals surface area contributed by atoms with Gasteiger partial charge in [0.1, 0.15) is 12.4 Å². The van der Waals surface area contributed by atoms with Crippen LogP contribution in [-0.2, 0) is 6.42 Å². The molecule has 1 aliphatic carbocycles. The van der Waals surface area contributed by atoms with Crippen LogP contribution in [0.3, 0.4) is 0 Å². The van der Waals surface area contributed by atoms with Crippen molar-refractivity contribution < 1.29 is 13.2 Å². The number of alkyl halides is 3. The standard InChI is InChI=1S/C18H17F3N6/c1-11(18(19,20)21)25-17-22-9-14-13(4-2-3-5-15(14)26-17)12-6-7-27-16(8-12)23-10-24-27/h4,6-11H,2-3,5H2,1H3,(H,22,25,26)/t11-/m1/s1. The maximum Gasteiger partial charge on any atom is 0.408 e. The average molecular weight is 374 g/mol. The molecule has 6 nitrogen and oxygen atoms in total. The lowest BCUT2D eigenvalue weighted by molar-refractivity contribution is -0.138. The molecule has 0 amide bonds. The van der Waals surface area contributed by atoms with Crippen molar-refractivity contribution >= 4 is 17.2 Å². The molecule has 0 saturated carbocycles. The molecule has 3 aromatic rings. The molecule has 0 fully saturated rings. The molecular formula is C18H17F3N6. The van der Waals surface area contributed by atoms with E-state index in [1.54, 1.807) is 10.7 Å². The van der Waals surface area contributed by atoms with E-state index in [-0.39, 0.29) is 5.95 Å². The molecule has 0 spiro atoms. The lowest BCUT2D eigenvalue weighted by atomic mass is 9.99. The fourth-order valence-electron chi connectivity index (χ4n) is 3.06. The Bertz CT molecular complexity index is 1010. The first-order chi connectivity index (χ1) is 12.9. The predicted molar refractivity (Wildman–Crippen MR) is 94.2 cm³/mol. The molecule has 3 heterocycles. The molecule has 140 valence electrons. The summed E-state index contributed by atoms with van der Waals surface area (Å²) in [5.74, 6) is -0.00673. The van der Waals surface area contributed by atoms with Gasteiger partial charge in [-0.15, -0.1) is 0 Å². The van der Waals surface area contributed by atoms with Gasteiger partial charge in [0.25, 0.3) is 0 Å². The number of allylic oxidation sites excluding steroid dienone is 1. The maximum absolute atomic E-state index is 12.8. The van der Waals surface area contributed by atoms with Gasteiger partial charge in [0.05, 0.1) is 5.69 Å². The summed E-state index contributed by atoms with van der Waals surface area (Å²) < 4.78 is 40.0. The van der Waals surface area contributed by atoms with Crippen LogP contribution in [0.1, 0.15) is 36.6 Å². The van der Waals surface area contributed by atoms with Crippen LogP contribution in [0.25, 0.3) is 11.2 Å². The van der Waals surface area contributed by atoms with Gasteiger partial charge in [-0.05, 0) is 49.5 Å². The van der Waals surface area contributed by atoms with E-state index in [2.05, 4.69) is 31.4 Å². The van der Waals surface area contributed by atoms with E-state index in [9.17, 15) is 13.2 Å². The molecule has 0 saturated heterocycles. The third kappa shape index (κ3) is 3.49. The summed E-state index contributed by atoms with van der Waals surface area (Å²) in [4.78, 5) is 12.7. The van der Waals surface area contributed by atoms with Gasteiger partial charge in [0, 0.05) is 18.0 Å². The Morgan fingerprint density at radius 1 is 1.26 bits per heavy atom. The van der Waals surface area contributed by atoms with Crippen LogP contribution in [-0.4, -0.2) is 36.8 Å². The number of pyridine rings is 1. The van der Waals surface area contributed by atoms with E-state index in [0.29, 0.717) is 6.42 Å². The zero-order valence-electron chi connectivity index (χ0n) is 14.5. The van der Waals surface area contributed by atoms with Crippen molar-refractivity contribution in [2.75, 3.05) is 5.32 Å². The minimum Gasteiger partial charge on any atom is -0.343 e. The molecule has 3 aromatic heterocycles. The van der Waals surface area contributed by atoms with E-state index in [0.717, 1.165) is 47.8 Å². The molecule has 0 unspecified atom stereocenters. The van der Waals surface area contributed by atoms with Crippen molar-refractivity contribution in [1.82, 2.24) is 24.6 Å². The number of anilines is 1. The monoisotopic (exact) mass is 374 g/mol. The topological polar surface area (TPSA) is 68.0 Å². The average Bonchev–Trinajstić information content (AvgIpc) is 2.99. The highest BCUT2D eigenvalue weighted by Crippen LogP contribution is 2.31. The Morgan fingerprint density at radius 2 is 2.11 bits per heavy atom. The molecule has 9 heteroatoms. The molecule has 0 aromatic carbocycles. The smallest absolute Gasteiger partial charge is 0.343 e. The number of nitrogens with zero attached hydrogens (tertiary/aromatic N) is 5. The minimum absolute atomic E-state index is 0.00673.